The molecule has 0 aliphatic heterocycles. The molecule has 4 nitrogen and oxygen atoms in total. The Balaban J connectivity index is 3.40. The van der Waals surface area contributed by atoms with E-state index >= 15 is 0 Å². The van der Waals surface area contributed by atoms with Crippen LogP contribution in [0.1, 0.15) is 6.92 Å². The molecule has 0 aliphatic carbocycles. The van der Waals surface area contributed by atoms with Gasteiger partial charge in [-0.15, -0.1) is 0 Å². The van der Waals surface area contributed by atoms with Crippen LogP contribution in [0, 0.1) is 0 Å². The Morgan fingerprint density at radius 2 is 2.00 bits per heavy atom. The highest BCUT2D eigenvalue weighted by Gasteiger charge is 1.98. The van der Waals surface area contributed by atoms with Crippen molar-refractivity contribution in [2.75, 3.05) is 7.11 Å². The van der Waals surface area contributed by atoms with Gasteiger partial charge in [-0.2, -0.15) is 0 Å². The van der Waals surface area contributed by atoms with Crippen molar-refractivity contribution in [1.82, 2.24) is 5.32 Å². The van der Waals surface area contributed by atoms with Crippen LogP contribution in [0.2, 0.25) is 0 Å². The second-order valence-electron chi connectivity index (χ2n) is 1.17. The number of hydrogen-bond donors (Lipinski definition) is 1. The van der Waals surface area contributed by atoms with Crippen LogP contribution < -0.4 is 5.32 Å². The summed E-state index contributed by atoms with van der Waals surface area (Å²) in [5, 5.41) is 1.89. The molecule has 0 aromatic carbocycles. The summed E-state index contributed by atoms with van der Waals surface area (Å²) in [6.07, 6.45) is -0.725. The van der Waals surface area contributed by atoms with Gasteiger partial charge in [-0.25, -0.2) is 4.79 Å². The normalized spacial score (nSPS) is 7.75. The smallest absolute Gasteiger partial charge is 0.413 e. The van der Waals surface area contributed by atoms with Crippen LogP contribution in [0.25, 0.3) is 0 Å². The minimum Gasteiger partial charge on any atom is -0.453 e. The zero-order valence-corrected chi connectivity index (χ0v) is 4.72. The summed E-state index contributed by atoms with van der Waals surface area (Å²) in [4.78, 5) is 20.1. The number of carbonyl (C=O) groups is 2. The Kier molecular flexibility index (Phi) is 2.61. The molecule has 0 saturated carbocycles. The van der Waals surface area contributed by atoms with Gasteiger partial charge in [-0.05, 0) is 0 Å². The average molecular weight is 117 g/mol. The Labute approximate surface area is 46.8 Å². The van der Waals surface area contributed by atoms with Crippen LogP contribution in [0.3, 0.4) is 0 Å². The summed E-state index contributed by atoms with van der Waals surface area (Å²) in [5.74, 6) is -0.420. The number of nitrogens with one attached hydrogen (secondary N) is 1. The standard InChI is InChI=1S/C4H7NO3/c1-3(6)5-4(7)8-2/h1-2H3,(H,5,6,7). The molecule has 0 heterocycles. The highest BCUT2D eigenvalue weighted by molar-refractivity contribution is 5.90. The zero-order chi connectivity index (χ0) is 6.57. The third-order valence-corrected chi connectivity index (χ3v) is 0.463. The Hall–Kier alpha value is -1.06. The number of methoxy groups -OCH3 is 1. The van der Waals surface area contributed by atoms with Crippen LogP contribution in [-0.2, 0) is 9.53 Å². The lowest BCUT2D eigenvalue weighted by Crippen LogP contribution is -2.27. The maximum Gasteiger partial charge on any atom is 0.413 e. The van der Waals surface area contributed by atoms with E-state index in [9.17, 15) is 9.59 Å². The van der Waals surface area contributed by atoms with E-state index in [1.54, 1.807) is 0 Å². The number of ether oxygens (including phenoxy) is 1. The summed E-state index contributed by atoms with van der Waals surface area (Å²) in [7, 11) is 1.19. The monoisotopic (exact) mass is 117 g/mol. The van der Waals surface area contributed by atoms with Gasteiger partial charge >= 0.3 is 6.09 Å². The number of hydrogen-bond acceptors (Lipinski definition) is 3. The molecule has 0 saturated heterocycles. The highest BCUT2D eigenvalue weighted by atomic mass is 16.5. The van der Waals surface area contributed by atoms with Crippen molar-refractivity contribution in [1.29, 1.82) is 0 Å². The average Bonchev–Trinajstić information content (AvgIpc) is 1.65. The van der Waals surface area contributed by atoms with E-state index in [2.05, 4.69) is 4.74 Å². The fourth-order valence-electron chi connectivity index (χ4n) is 0.195. The van der Waals surface area contributed by atoms with Crippen LogP contribution in [0.5, 0.6) is 0 Å². The van der Waals surface area contributed by atoms with Gasteiger partial charge in [0.2, 0.25) is 5.91 Å². The molecule has 0 unspecified atom stereocenters. The molecule has 4 heteroatoms. The first kappa shape index (κ1) is 6.94. The second kappa shape index (κ2) is 3.01. The lowest BCUT2D eigenvalue weighted by molar-refractivity contribution is -0.118. The van der Waals surface area contributed by atoms with Crippen molar-refractivity contribution in [3.8, 4) is 0 Å². The summed E-state index contributed by atoms with van der Waals surface area (Å²) in [6, 6.07) is 0. The maximum atomic E-state index is 10.1. The van der Waals surface area contributed by atoms with Gasteiger partial charge in [0, 0.05) is 6.92 Å². The van der Waals surface area contributed by atoms with Crippen molar-refractivity contribution in [3.63, 3.8) is 0 Å². The van der Waals surface area contributed by atoms with E-state index in [4.69, 9.17) is 0 Å². The van der Waals surface area contributed by atoms with E-state index in [1.165, 1.54) is 14.0 Å². The molecule has 0 rings (SSSR count). The Bertz CT molecular complexity index is 110. The van der Waals surface area contributed by atoms with Gasteiger partial charge in [0.15, 0.2) is 0 Å². The van der Waals surface area contributed by atoms with Gasteiger partial charge in [0.25, 0.3) is 0 Å². The van der Waals surface area contributed by atoms with Gasteiger partial charge < -0.3 is 4.74 Å². The quantitative estimate of drug-likeness (QED) is 0.481. The van der Waals surface area contributed by atoms with E-state index in [1.807, 2.05) is 5.32 Å². The topological polar surface area (TPSA) is 55.4 Å². The third-order valence-electron chi connectivity index (χ3n) is 0.463. The van der Waals surface area contributed by atoms with E-state index in [-0.39, 0.29) is 0 Å². The lowest BCUT2D eigenvalue weighted by atomic mass is 10.7. The van der Waals surface area contributed by atoms with Gasteiger partial charge in [0.1, 0.15) is 0 Å². The third kappa shape index (κ3) is 3.14. The van der Waals surface area contributed by atoms with E-state index in [0.717, 1.165) is 0 Å². The highest BCUT2D eigenvalue weighted by Crippen LogP contribution is 1.68. The second-order valence-corrected chi connectivity index (χ2v) is 1.17. The number of carbonyl (C=O) groups excluding carboxylic acids is 2. The predicted molar refractivity (Wildman–Crippen MR) is 26.2 cm³/mol. The molecule has 0 radical (unpaired) electrons. The van der Waals surface area contributed by atoms with Crippen LogP contribution in [0.15, 0.2) is 0 Å². The first-order valence-electron chi connectivity index (χ1n) is 2.02. The first-order chi connectivity index (χ1) is 3.66. The van der Waals surface area contributed by atoms with Gasteiger partial charge in [-0.1, -0.05) is 0 Å². The van der Waals surface area contributed by atoms with Crippen molar-refractivity contribution >= 4 is 12.0 Å². The van der Waals surface area contributed by atoms with Crippen LogP contribution in [-0.4, -0.2) is 19.1 Å². The first-order valence-corrected chi connectivity index (χ1v) is 2.02. The summed E-state index contributed by atoms with van der Waals surface area (Å²) < 4.78 is 4.09. The molecule has 1 N–H and O–H groups in total. The zero-order valence-electron chi connectivity index (χ0n) is 4.72. The van der Waals surface area contributed by atoms with Crippen molar-refractivity contribution in [2.24, 2.45) is 0 Å². The Morgan fingerprint density at radius 3 is 2.12 bits per heavy atom. The molecule has 0 aliphatic rings. The van der Waals surface area contributed by atoms with E-state index < -0.39 is 12.0 Å². The molecule has 0 aromatic heterocycles. The molecule has 0 atom stereocenters. The van der Waals surface area contributed by atoms with Crippen LogP contribution >= 0.6 is 0 Å². The van der Waals surface area contributed by atoms with Gasteiger partial charge in [0.05, 0.1) is 7.11 Å². The molecular weight excluding hydrogens is 110 g/mol. The van der Waals surface area contributed by atoms with Crippen molar-refractivity contribution in [2.45, 2.75) is 6.92 Å². The van der Waals surface area contributed by atoms with E-state index in [0.29, 0.717) is 0 Å². The molecular formula is C4H7NO3. The molecule has 2 amide bonds. The molecule has 0 aromatic rings. The van der Waals surface area contributed by atoms with Crippen LogP contribution in [0.4, 0.5) is 4.79 Å². The number of alkyl carbamates (subject to hydrolysis) is 1. The predicted octanol–water partition coefficient (Wildman–Crippen LogP) is -0.111. The number of imide groups is 1. The van der Waals surface area contributed by atoms with Crippen molar-refractivity contribution < 1.29 is 14.3 Å². The minimum atomic E-state index is -0.725. The van der Waals surface area contributed by atoms with Crippen molar-refractivity contribution in [3.05, 3.63) is 0 Å². The molecule has 46 valence electrons. The number of amides is 2. The summed E-state index contributed by atoms with van der Waals surface area (Å²) in [5.41, 5.74) is 0. The SMILES string of the molecule is COC(=O)NC(C)=O. The molecule has 8 heavy (non-hydrogen) atoms. The summed E-state index contributed by atoms with van der Waals surface area (Å²) >= 11 is 0. The van der Waals surface area contributed by atoms with Gasteiger partial charge in [-0.3, -0.25) is 10.1 Å². The maximum absolute atomic E-state index is 10.1. The number of rotatable bonds is 0. The fraction of sp³-hybridized carbons (Fsp3) is 0.500. The molecule has 0 spiro atoms. The molecule has 0 fully saturated rings. The summed E-state index contributed by atoms with van der Waals surface area (Å²) in [6.45, 7) is 1.23. The largest absolute Gasteiger partial charge is 0.453 e. The minimum absolute atomic E-state index is 0.420. The molecule has 0 bridgehead atoms. The lowest BCUT2D eigenvalue weighted by Gasteiger charge is -1.94. The fourth-order valence-corrected chi connectivity index (χ4v) is 0.195. The Morgan fingerprint density at radius 1 is 1.50 bits per heavy atom.